The summed E-state index contributed by atoms with van der Waals surface area (Å²) in [6, 6.07) is 17.6. The number of aromatic nitrogens is 1. The van der Waals surface area contributed by atoms with Crippen molar-refractivity contribution in [2.45, 2.75) is 59.2 Å². The van der Waals surface area contributed by atoms with Gasteiger partial charge in [0, 0.05) is 41.1 Å². The van der Waals surface area contributed by atoms with Gasteiger partial charge < -0.3 is 14.4 Å². The average molecular weight is 557 g/mol. The third-order valence-electron chi connectivity index (χ3n) is 6.46. The first-order chi connectivity index (χ1) is 17.3. The van der Waals surface area contributed by atoms with E-state index in [9.17, 15) is 14.0 Å². The second-order valence-corrected chi connectivity index (χ2v) is 10.0. The van der Waals surface area contributed by atoms with Gasteiger partial charge in [0.15, 0.2) is 0 Å². The number of amides is 2. The lowest BCUT2D eigenvalue weighted by atomic mass is 10.1. The summed E-state index contributed by atoms with van der Waals surface area (Å²) in [4.78, 5) is 30.3. The van der Waals surface area contributed by atoms with E-state index in [0.717, 1.165) is 23.0 Å². The van der Waals surface area contributed by atoms with E-state index in [0.29, 0.717) is 31.6 Å². The van der Waals surface area contributed by atoms with Gasteiger partial charge in [-0.2, -0.15) is 0 Å². The first kappa shape index (κ1) is 27.7. The van der Waals surface area contributed by atoms with Crippen molar-refractivity contribution in [1.29, 1.82) is 0 Å². The maximum Gasteiger partial charge on any atom is 0.254 e. The van der Waals surface area contributed by atoms with Crippen molar-refractivity contribution in [3.05, 3.63) is 94.0 Å². The van der Waals surface area contributed by atoms with Crippen LogP contribution in [0.2, 0.25) is 0 Å². The number of carbonyl (C=O) groups is 2. The zero-order valence-electron chi connectivity index (χ0n) is 21.3. The van der Waals surface area contributed by atoms with E-state index in [1.54, 1.807) is 4.90 Å². The molecule has 7 heteroatoms. The summed E-state index contributed by atoms with van der Waals surface area (Å²) in [5, 5.41) is 0. The van der Waals surface area contributed by atoms with Crippen molar-refractivity contribution in [1.82, 2.24) is 14.4 Å². The summed E-state index contributed by atoms with van der Waals surface area (Å²) in [5.41, 5.74) is 2.60. The molecule has 36 heavy (non-hydrogen) atoms. The third-order valence-corrected chi connectivity index (χ3v) is 6.99. The molecular formula is C29H35BrFN3O2. The highest BCUT2D eigenvalue weighted by Crippen LogP contribution is 2.17. The van der Waals surface area contributed by atoms with Crippen molar-refractivity contribution in [2.75, 3.05) is 13.1 Å². The van der Waals surface area contributed by atoms with E-state index in [1.165, 1.54) is 29.8 Å². The Bertz CT molecular complexity index is 1130. The van der Waals surface area contributed by atoms with E-state index in [-0.39, 0.29) is 24.4 Å². The molecule has 3 aromatic rings. The minimum absolute atomic E-state index is 0.0116. The van der Waals surface area contributed by atoms with Crippen LogP contribution in [0.15, 0.2) is 71.3 Å². The molecule has 0 aliphatic heterocycles. The van der Waals surface area contributed by atoms with Crippen LogP contribution in [0.1, 0.15) is 61.6 Å². The summed E-state index contributed by atoms with van der Waals surface area (Å²) < 4.78 is 16.6. The predicted molar refractivity (Wildman–Crippen MR) is 145 cm³/mol. The van der Waals surface area contributed by atoms with E-state index in [2.05, 4.69) is 39.6 Å². The van der Waals surface area contributed by atoms with Gasteiger partial charge >= 0.3 is 0 Å². The van der Waals surface area contributed by atoms with Gasteiger partial charge in [0.05, 0.1) is 6.54 Å². The number of unbranched alkanes of at least 4 members (excludes halogenated alkanes) is 1. The number of rotatable bonds is 12. The highest BCUT2D eigenvalue weighted by molar-refractivity contribution is 9.10. The molecule has 0 N–H and O–H groups in total. The molecule has 1 aromatic heterocycles. The van der Waals surface area contributed by atoms with Gasteiger partial charge in [-0.15, -0.1) is 0 Å². The summed E-state index contributed by atoms with van der Waals surface area (Å²) >= 11 is 3.48. The molecule has 5 nitrogen and oxygen atoms in total. The van der Waals surface area contributed by atoms with E-state index in [4.69, 9.17) is 0 Å². The Morgan fingerprint density at radius 1 is 1.03 bits per heavy atom. The monoisotopic (exact) mass is 555 g/mol. The van der Waals surface area contributed by atoms with Gasteiger partial charge in [0.1, 0.15) is 12.4 Å². The molecule has 0 saturated carbocycles. The number of carbonyl (C=O) groups excluding carboxylic acids is 2. The highest BCUT2D eigenvalue weighted by Gasteiger charge is 2.26. The van der Waals surface area contributed by atoms with Gasteiger partial charge in [-0.25, -0.2) is 4.39 Å². The zero-order valence-corrected chi connectivity index (χ0v) is 22.9. The zero-order chi connectivity index (χ0) is 26.1. The van der Waals surface area contributed by atoms with Crippen molar-refractivity contribution < 1.29 is 14.0 Å². The molecule has 0 aliphatic rings. The Labute approximate surface area is 222 Å². The van der Waals surface area contributed by atoms with E-state index in [1.807, 2.05) is 49.2 Å². The van der Waals surface area contributed by atoms with E-state index >= 15 is 0 Å². The van der Waals surface area contributed by atoms with Gasteiger partial charge in [-0.05, 0) is 73.9 Å². The van der Waals surface area contributed by atoms with Gasteiger partial charge in [-0.1, -0.05) is 48.3 Å². The van der Waals surface area contributed by atoms with Crippen molar-refractivity contribution >= 4 is 27.7 Å². The van der Waals surface area contributed by atoms with Crippen LogP contribution >= 0.6 is 15.9 Å². The molecule has 1 heterocycles. The molecule has 0 spiro atoms. The fourth-order valence-corrected chi connectivity index (χ4v) is 4.29. The van der Waals surface area contributed by atoms with Gasteiger partial charge in [0.25, 0.3) is 5.91 Å². The second kappa shape index (κ2) is 13.4. The standard InChI is InChI=1S/C29H35BrFN3O2/c1-4-6-17-33(20-27-8-7-18-32(27)19-23-9-13-25(30)14-10-23)28(35)21-34(22(3)5-2)29(36)24-11-15-26(31)16-12-24/h7-16,18,22H,4-6,17,19-21H2,1-3H3. The summed E-state index contributed by atoms with van der Waals surface area (Å²) in [7, 11) is 0. The van der Waals surface area contributed by atoms with Gasteiger partial charge in [0.2, 0.25) is 5.91 Å². The lowest BCUT2D eigenvalue weighted by Crippen LogP contribution is -2.46. The highest BCUT2D eigenvalue weighted by atomic mass is 79.9. The largest absolute Gasteiger partial charge is 0.345 e. The Hall–Kier alpha value is -2.93. The van der Waals surface area contributed by atoms with Crippen LogP contribution in [0.4, 0.5) is 4.39 Å². The molecule has 2 aromatic carbocycles. The Morgan fingerprint density at radius 2 is 1.72 bits per heavy atom. The van der Waals surface area contributed by atoms with Gasteiger partial charge in [-0.3, -0.25) is 9.59 Å². The molecule has 0 fully saturated rings. The third kappa shape index (κ3) is 7.53. The van der Waals surface area contributed by atoms with Crippen LogP contribution in [0.3, 0.4) is 0 Å². The first-order valence-electron chi connectivity index (χ1n) is 12.5. The fourth-order valence-electron chi connectivity index (χ4n) is 4.02. The smallest absolute Gasteiger partial charge is 0.254 e. The van der Waals surface area contributed by atoms with Crippen LogP contribution < -0.4 is 0 Å². The Morgan fingerprint density at radius 3 is 2.36 bits per heavy atom. The van der Waals surface area contributed by atoms with Crippen molar-refractivity contribution in [3.8, 4) is 0 Å². The molecule has 192 valence electrons. The lowest BCUT2D eigenvalue weighted by Gasteiger charge is -2.31. The van der Waals surface area contributed by atoms with Crippen LogP contribution in [0, 0.1) is 5.82 Å². The molecule has 3 rings (SSSR count). The average Bonchev–Trinajstić information content (AvgIpc) is 3.32. The second-order valence-electron chi connectivity index (χ2n) is 9.12. The Balaban J connectivity index is 1.77. The topological polar surface area (TPSA) is 45.6 Å². The Kier molecular flexibility index (Phi) is 10.3. The van der Waals surface area contributed by atoms with Crippen molar-refractivity contribution in [2.24, 2.45) is 0 Å². The molecule has 0 bridgehead atoms. The molecule has 0 aliphatic carbocycles. The van der Waals surface area contributed by atoms with Crippen LogP contribution in [-0.4, -0.2) is 45.3 Å². The van der Waals surface area contributed by atoms with Crippen LogP contribution in [0.25, 0.3) is 0 Å². The number of halogens is 2. The predicted octanol–water partition coefficient (Wildman–Crippen LogP) is 6.51. The molecule has 1 atom stereocenters. The minimum atomic E-state index is -0.394. The maximum atomic E-state index is 13.6. The molecular weight excluding hydrogens is 521 g/mol. The maximum absolute atomic E-state index is 13.6. The summed E-state index contributed by atoms with van der Waals surface area (Å²) in [6.07, 6.45) is 4.59. The van der Waals surface area contributed by atoms with E-state index < -0.39 is 5.82 Å². The number of nitrogens with zero attached hydrogens (tertiary/aromatic N) is 3. The summed E-state index contributed by atoms with van der Waals surface area (Å²) in [5.74, 6) is -0.739. The lowest BCUT2D eigenvalue weighted by molar-refractivity contribution is -0.133. The van der Waals surface area contributed by atoms with Crippen LogP contribution in [0.5, 0.6) is 0 Å². The molecule has 0 saturated heterocycles. The number of benzene rings is 2. The summed E-state index contributed by atoms with van der Waals surface area (Å²) in [6.45, 7) is 7.83. The van der Waals surface area contributed by atoms with Crippen molar-refractivity contribution in [3.63, 3.8) is 0 Å². The molecule has 1 unspecified atom stereocenters. The SMILES string of the molecule is CCCCN(Cc1cccn1Cc1ccc(Br)cc1)C(=O)CN(C(=O)c1ccc(F)cc1)C(C)CC. The number of hydrogen-bond acceptors (Lipinski definition) is 2. The normalized spacial score (nSPS) is 11.8. The van der Waals surface area contributed by atoms with Crippen LogP contribution in [-0.2, 0) is 17.9 Å². The fraction of sp³-hybridized carbons (Fsp3) is 0.379. The number of hydrogen-bond donors (Lipinski definition) is 0. The minimum Gasteiger partial charge on any atom is -0.345 e. The quantitative estimate of drug-likeness (QED) is 0.256. The first-order valence-corrected chi connectivity index (χ1v) is 13.3. The molecule has 0 radical (unpaired) electrons. The molecule has 2 amide bonds.